The van der Waals surface area contributed by atoms with Crippen LogP contribution in [0.1, 0.15) is 48.0 Å². The molecule has 0 amide bonds. The zero-order valence-corrected chi connectivity index (χ0v) is 17.0. The Hall–Kier alpha value is -2.44. The second-order valence-electron chi connectivity index (χ2n) is 8.00. The van der Waals surface area contributed by atoms with Crippen molar-refractivity contribution in [1.82, 2.24) is 19.9 Å². The van der Waals surface area contributed by atoms with Gasteiger partial charge in [-0.3, -0.25) is 4.79 Å². The van der Waals surface area contributed by atoms with E-state index in [0.717, 1.165) is 30.1 Å². The van der Waals surface area contributed by atoms with E-state index in [0.29, 0.717) is 27.8 Å². The molecule has 0 spiro atoms. The molecule has 5 rings (SSSR count). The molecule has 3 aromatic rings. The molecule has 3 heterocycles. The van der Waals surface area contributed by atoms with E-state index in [1.807, 2.05) is 12.1 Å². The zero-order valence-electron chi connectivity index (χ0n) is 16.2. The second kappa shape index (κ2) is 7.76. The predicted octanol–water partition coefficient (Wildman–Crippen LogP) is 4.27. The third-order valence-corrected chi connectivity index (χ3v) is 6.61. The second-order valence-corrected chi connectivity index (χ2v) is 8.40. The number of benzene rings is 1. The van der Waals surface area contributed by atoms with Crippen molar-refractivity contribution in [2.45, 2.75) is 44.2 Å². The topological polar surface area (TPSA) is 73.9 Å². The highest BCUT2D eigenvalue weighted by molar-refractivity contribution is 6.35. The third-order valence-electron chi connectivity index (χ3n) is 6.28. The number of nitrogens with one attached hydrogen (secondary N) is 2. The van der Waals surface area contributed by atoms with E-state index >= 15 is 0 Å². The first-order valence-corrected chi connectivity index (χ1v) is 10.7. The van der Waals surface area contributed by atoms with Crippen molar-refractivity contribution in [2.75, 3.05) is 18.4 Å². The Balaban J connectivity index is 1.39. The number of hydrogen-bond acceptors (Lipinski definition) is 5. The normalized spacial score (nSPS) is 22.4. The van der Waals surface area contributed by atoms with Crippen molar-refractivity contribution in [3.05, 3.63) is 52.9 Å². The summed E-state index contributed by atoms with van der Waals surface area (Å²) in [5, 5.41) is 4.78. The van der Waals surface area contributed by atoms with Crippen LogP contribution in [0.4, 0.5) is 5.82 Å². The maximum absolute atomic E-state index is 13.2. The summed E-state index contributed by atoms with van der Waals surface area (Å²) in [6.07, 6.45) is 9.24. The number of rotatable bonds is 5. The van der Waals surface area contributed by atoms with Gasteiger partial charge in [0, 0.05) is 23.8 Å². The molecule has 2 fully saturated rings. The summed E-state index contributed by atoms with van der Waals surface area (Å²) in [7, 11) is 0. The molecule has 0 atom stereocenters. The molecule has 2 N–H and O–H groups in total. The van der Waals surface area contributed by atoms with Gasteiger partial charge in [-0.2, -0.15) is 0 Å². The van der Waals surface area contributed by atoms with Gasteiger partial charge in [0.1, 0.15) is 17.8 Å². The Kier molecular flexibility index (Phi) is 4.97. The van der Waals surface area contributed by atoms with E-state index in [1.165, 1.54) is 38.7 Å². The van der Waals surface area contributed by atoms with Crippen LogP contribution in [0.2, 0.25) is 5.02 Å². The number of fused-ring (bicyclic) bond motifs is 1. The molecule has 6 nitrogen and oxygen atoms in total. The van der Waals surface area contributed by atoms with Crippen molar-refractivity contribution in [3.63, 3.8) is 0 Å². The number of aromatic nitrogens is 3. The molecule has 1 saturated heterocycles. The fourth-order valence-corrected chi connectivity index (χ4v) is 4.75. The minimum Gasteiger partial charge on any atom is -0.367 e. The quantitative estimate of drug-likeness (QED) is 0.615. The maximum Gasteiger partial charge on any atom is 0.196 e. The lowest BCUT2D eigenvalue weighted by molar-refractivity contribution is 0.0889. The van der Waals surface area contributed by atoms with Crippen LogP contribution in [0.25, 0.3) is 11.0 Å². The number of nitrogens with zero attached hydrogens (tertiary/aromatic N) is 3. The number of likely N-dealkylation sites (tertiary alicyclic amines) is 1. The van der Waals surface area contributed by atoms with Crippen LogP contribution in [-0.4, -0.2) is 50.8 Å². The van der Waals surface area contributed by atoms with E-state index in [9.17, 15) is 4.79 Å². The highest BCUT2D eigenvalue weighted by Gasteiger charge is 2.29. The Morgan fingerprint density at radius 2 is 1.90 bits per heavy atom. The van der Waals surface area contributed by atoms with Gasteiger partial charge in [-0.15, -0.1) is 0 Å². The monoisotopic (exact) mass is 409 g/mol. The summed E-state index contributed by atoms with van der Waals surface area (Å²) in [6.45, 7) is 2.51. The fraction of sp³-hybridized carbons (Fsp3) is 0.409. The van der Waals surface area contributed by atoms with E-state index < -0.39 is 0 Å². The summed E-state index contributed by atoms with van der Waals surface area (Å²) in [4.78, 5) is 27.7. The number of anilines is 1. The van der Waals surface area contributed by atoms with Crippen LogP contribution < -0.4 is 5.32 Å². The zero-order chi connectivity index (χ0) is 19.8. The molecule has 0 unspecified atom stereocenters. The summed E-state index contributed by atoms with van der Waals surface area (Å²) in [5.74, 6) is 0.597. The molecule has 0 bridgehead atoms. The first kappa shape index (κ1) is 18.6. The highest BCUT2D eigenvalue weighted by atomic mass is 35.5. The summed E-state index contributed by atoms with van der Waals surface area (Å²) >= 11 is 6.26. The number of hydrogen-bond donors (Lipinski definition) is 2. The third kappa shape index (κ3) is 3.51. The fourth-order valence-electron chi connectivity index (χ4n) is 4.53. The molecular formula is C22H24ClN5O. The number of carbonyl (C=O) groups is 1. The van der Waals surface area contributed by atoms with Crippen LogP contribution in [0.15, 0.2) is 36.8 Å². The molecule has 1 saturated carbocycles. The Bertz CT molecular complexity index is 1040. The van der Waals surface area contributed by atoms with Crippen molar-refractivity contribution in [1.29, 1.82) is 0 Å². The largest absolute Gasteiger partial charge is 0.367 e. The number of aromatic amines is 1. The molecule has 1 aliphatic heterocycles. The smallest absolute Gasteiger partial charge is 0.196 e. The molecule has 1 aliphatic carbocycles. The van der Waals surface area contributed by atoms with Crippen molar-refractivity contribution >= 4 is 34.2 Å². The van der Waals surface area contributed by atoms with E-state index in [1.54, 1.807) is 18.3 Å². The van der Waals surface area contributed by atoms with Gasteiger partial charge in [0.2, 0.25) is 0 Å². The van der Waals surface area contributed by atoms with Crippen molar-refractivity contribution in [2.24, 2.45) is 0 Å². The van der Waals surface area contributed by atoms with E-state index in [4.69, 9.17) is 11.6 Å². The molecule has 1 aromatic carbocycles. The van der Waals surface area contributed by atoms with Crippen LogP contribution in [0.3, 0.4) is 0 Å². The summed E-state index contributed by atoms with van der Waals surface area (Å²) in [5.41, 5.74) is 1.69. The van der Waals surface area contributed by atoms with Gasteiger partial charge in [0.25, 0.3) is 0 Å². The Morgan fingerprint density at radius 1 is 1.10 bits per heavy atom. The van der Waals surface area contributed by atoms with E-state index in [2.05, 4.69) is 25.2 Å². The lowest BCUT2D eigenvalue weighted by atomic mass is 9.88. The lowest BCUT2D eigenvalue weighted by Crippen LogP contribution is -2.47. The molecule has 29 heavy (non-hydrogen) atoms. The maximum atomic E-state index is 13.2. The van der Waals surface area contributed by atoms with Gasteiger partial charge in [0.15, 0.2) is 5.78 Å². The van der Waals surface area contributed by atoms with Crippen LogP contribution in [0, 0.1) is 0 Å². The molecule has 2 aromatic heterocycles. The van der Waals surface area contributed by atoms with Gasteiger partial charge in [-0.1, -0.05) is 23.7 Å². The van der Waals surface area contributed by atoms with Crippen LogP contribution >= 0.6 is 11.6 Å². The van der Waals surface area contributed by atoms with Crippen molar-refractivity contribution in [3.8, 4) is 0 Å². The average Bonchev–Trinajstić information content (AvgIpc) is 3.13. The summed E-state index contributed by atoms with van der Waals surface area (Å²) in [6, 6.07) is 8.22. The first-order chi connectivity index (χ1) is 14.2. The minimum atomic E-state index is -0.124. The molecular weight excluding hydrogens is 386 g/mol. The van der Waals surface area contributed by atoms with Gasteiger partial charge in [-0.05, 0) is 57.3 Å². The standard InChI is InChI=1S/C22H24ClN5O/c23-18-5-2-1-4-16(18)20(29)17-12-24-21-19(17)22(26-13-25-21)27-14-6-8-15(9-7-14)28-10-3-11-28/h1-2,4-5,12-15H,3,6-11H2,(H2,24,25,26,27). The predicted molar refractivity (Wildman–Crippen MR) is 115 cm³/mol. The first-order valence-electron chi connectivity index (χ1n) is 10.3. The van der Waals surface area contributed by atoms with Crippen LogP contribution in [0.5, 0.6) is 0 Å². The number of halogens is 1. The molecule has 150 valence electrons. The number of H-pyrrole nitrogens is 1. The number of ketones is 1. The Labute approximate surface area is 174 Å². The highest BCUT2D eigenvalue weighted by Crippen LogP contribution is 2.31. The van der Waals surface area contributed by atoms with Gasteiger partial charge in [0.05, 0.1) is 16.0 Å². The average molecular weight is 410 g/mol. The Morgan fingerprint density at radius 3 is 2.62 bits per heavy atom. The van der Waals surface area contributed by atoms with Crippen molar-refractivity contribution < 1.29 is 4.79 Å². The lowest BCUT2D eigenvalue weighted by Gasteiger charge is -2.42. The molecule has 2 aliphatic rings. The molecule has 0 radical (unpaired) electrons. The number of carbonyl (C=O) groups excluding carboxylic acids is 1. The minimum absolute atomic E-state index is 0.124. The van der Waals surface area contributed by atoms with Gasteiger partial charge >= 0.3 is 0 Å². The van der Waals surface area contributed by atoms with Gasteiger partial charge in [-0.25, -0.2) is 9.97 Å². The summed E-state index contributed by atoms with van der Waals surface area (Å²) < 4.78 is 0. The van der Waals surface area contributed by atoms with E-state index in [-0.39, 0.29) is 5.78 Å². The SMILES string of the molecule is O=C(c1ccccc1Cl)c1c[nH]c2ncnc(NC3CCC(N4CCC4)CC3)c12. The van der Waals surface area contributed by atoms with Gasteiger partial charge < -0.3 is 15.2 Å². The molecule has 7 heteroatoms. The van der Waals surface area contributed by atoms with Crippen LogP contribution in [-0.2, 0) is 0 Å².